The van der Waals surface area contributed by atoms with E-state index in [1.807, 2.05) is 0 Å². The summed E-state index contributed by atoms with van der Waals surface area (Å²) in [6.07, 6.45) is 3.06. The van der Waals surface area contributed by atoms with Crippen molar-refractivity contribution >= 4 is 46.3 Å². The molecule has 1 aromatic carbocycles. The summed E-state index contributed by atoms with van der Waals surface area (Å²) >= 11 is 6.76. The average Bonchev–Trinajstić information content (AvgIpc) is 2.99. The van der Waals surface area contributed by atoms with Gasteiger partial charge in [-0.05, 0) is 42.1 Å². The van der Waals surface area contributed by atoms with Gasteiger partial charge < -0.3 is 4.42 Å². The van der Waals surface area contributed by atoms with Gasteiger partial charge in [0.2, 0.25) is 0 Å². The van der Waals surface area contributed by atoms with Crippen molar-refractivity contribution in [2.75, 3.05) is 4.90 Å². The number of rotatable bonds is 2. The lowest BCUT2D eigenvalue weighted by Gasteiger charge is -2.12. The summed E-state index contributed by atoms with van der Waals surface area (Å²) in [5.41, 5.74) is 0.461. The van der Waals surface area contributed by atoms with Crippen LogP contribution in [0.5, 0.6) is 0 Å². The number of carbonyl (C=O) groups excluding carboxylic acids is 2. The molecule has 2 heterocycles. The number of amides is 2. The maximum atomic E-state index is 12.3. The Kier molecular flexibility index (Phi) is 3.38. The first-order valence-corrected chi connectivity index (χ1v) is 6.91. The lowest BCUT2D eigenvalue weighted by atomic mass is 10.3. The second kappa shape index (κ2) is 5.19. The third-order valence-electron chi connectivity index (χ3n) is 2.68. The molecule has 0 radical (unpaired) electrons. The zero-order chi connectivity index (χ0) is 14.1. The van der Waals surface area contributed by atoms with E-state index in [0.717, 1.165) is 16.7 Å². The summed E-state index contributed by atoms with van der Waals surface area (Å²) in [7, 11) is 0. The van der Waals surface area contributed by atoms with E-state index >= 15 is 0 Å². The molecule has 0 atom stereocenters. The van der Waals surface area contributed by atoms with E-state index in [0.29, 0.717) is 21.4 Å². The van der Waals surface area contributed by atoms with Crippen LogP contribution in [0.2, 0.25) is 5.02 Å². The Balaban J connectivity index is 1.95. The van der Waals surface area contributed by atoms with Gasteiger partial charge in [0.15, 0.2) is 0 Å². The third-order valence-corrected chi connectivity index (χ3v) is 3.78. The molecule has 20 heavy (non-hydrogen) atoms. The fraction of sp³-hybridized carbons (Fsp3) is 0. The molecule has 4 nitrogen and oxygen atoms in total. The Morgan fingerprint density at radius 1 is 1.20 bits per heavy atom. The van der Waals surface area contributed by atoms with Crippen molar-refractivity contribution in [3.05, 3.63) is 58.3 Å². The minimum Gasteiger partial charge on any atom is -0.465 e. The van der Waals surface area contributed by atoms with Crippen LogP contribution in [-0.2, 0) is 4.79 Å². The van der Waals surface area contributed by atoms with Crippen molar-refractivity contribution < 1.29 is 14.0 Å². The third kappa shape index (κ3) is 2.37. The highest BCUT2D eigenvalue weighted by Gasteiger charge is 2.36. The van der Waals surface area contributed by atoms with Crippen LogP contribution < -0.4 is 4.90 Å². The molecule has 1 fully saturated rings. The number of halogens is 1. The monoisotopic (exact) mass is 305 g/mol. The lowest BCUT2D eigenvalue weighted by Crippen LogP contribution is -2.27. The molecule has 0 spiro atoms. The molecule has 2 amide bonds. The molecule has 0 unspecified atom stereocenters. The number of anilines is 1. The molecule has 0 N–H and O–H groups in total. The van der Waals surface area contributed by atoms with Crippen LogP contribution in [0.3, 0.4) is 0 Å². The fourth-order valence-corrected chi connectivity index (χ4v) is 2.81. The van der Waals surface area contributed by atoms with E-state index in [1.54, 1.807) is 42.5 Å². The molecule has 1 aromatic heterocycles. The molecule has 1 saturated heterocycles. The Morgan fingerprint density at radius 3 is 2.75 bits per heavy atom. The molecular weight excluding hydrogens is 298 g/mol. The quantitative estimate of drug-likeness (QED) is 0.781. The molecule has 0 aliphatic carbocycles. The summed E-state index contributed by atoms with van der Waals surface area (Å²) in [6.45, 7) is 0. The summed E-state index contributed by atoms with van der Waals surface area (Å²) < 4.78 is 5.15. The highest BCUT2D eigenvalue weighted by Crippen LogP contribution is 2.36. The minimum atomic E-state index is -0.376. The maximum Gasteiger partial charge on any atom is 0.298 e. The van der Waals surface area contributed by atoms with Gasteiger partial charge in [-0.25, -0.2) is 4.90 Å². The first-order chi connectivity index (χ1) is 9.65. The van der Waals surface area contributed by atoms with E-state index in [-0.39, 0.29) is 11.1 Å². The molecule has 0 saturated carbocycles. The lowest BCUT2D eigenvalue weighted by molar-refractivity contribution is -0.113. The van der Waals surface area contributed by atoms with Gasteiger partial charge in [0.25, 0.3) is 11.1 Å². The van der Waals surface area contributed by atoms with Crippen LogP contribution in [0.1, 0.15) is 5.76 Å². The number of nitrogens with zero attached hydrogens (tertiary/aromatic N) is 1. The van der Waals surface area contributed by atoms with Gasteiger partial charge in [0.05, 0.1) is 16.9 Å². The van der Waals surface area contributed by atoms with Crippen molar-refractivity contribution in [2.45, 2.75) is 0 Å². The zero-order valence-corrected chi connectivity index (χ0v) is 11.6. The smallest absolute Gasteiger partial charge is 0.298 e. The Hall–Kier alpha value is -1.98. The summed E-state index contributed by atoms with van der Waals surface area (Å²) in [5, 5.41) is 0.117. The summed E-state index contributed by atoms with van der Waals surface area (Å²) in [5.74, 6) is 0.153. The molecule has 100 valence electrons. The van der Waals surface area contributed by atoms with E-state index < -0.39 is 0 Å². The molecule has 1 aliphatic rings. The summed E-state index contributed by atoms with van der Waals surface area (Å²) in [4.78, 5) is 25.7. The predicted octanol–water partition coefficient (Wildman–Crippen LogP) is 4.17. The maximum absolute atomic E-state index is 12.3. The Labute approximate surface area is 124 Å². The van der Waals surface area contributed by atoms with Crippen LogP contribution in [-0.4, -0.2) is 11.1 Å². The number of furan rings is 1. The number of imide groups is 1. The highest BCUT2D eigenvalue weighted by atomic mass is 35.5. The largest absolute Gasteiger partial charge is 0.465 e. The topological polar surface area (TPSA) is 50.5 Å². The molecule has 6 heteroatoms. The van der Waals surface area contributed by atoms with Crippen molar-refractivity contribution in [1.82, 2.24) is 0 Å². The molecule has 2 aromatic rings. The van der Waals surface area contributed by atoms with Gasteiger partial charge in [0.1, 0.15) is 5.76 Å². The average molecular weight is 306 g/mol. The van der Waals surface area contributed by atoms with Gasteiger partial charge in [-0.2, -0.15) is 0 Å². The van der Waals surface area contributed by atoms with Crippen molar-refractivity contribution in [3.8, 4) is 0 Å². The van der Waals surface area contributed by atoms with Crippen molar-refractivity contribution in [2.24, 2.45) is 0 Å². The molecule has 3 rings (SSSR count). The minimum absolute atomic E-state index is 0.324. The highest BCUT2D eigenvalue weighted by molar-refractivity contribution is 8.19. The van der Waals surface area contributed by atoms with Gasteiger partial charge in [0, 0.05) is 11.1 Å². The van der Waals surface area contributed by atoms with Gasteiger partial charge in [-0.3, -0.25) is 9.59 Å². The van der Waals surface area contributed by atoms with Crippen LogP contribution in [0, 0.1) is 0 Å². The second-order valence-corrected chi connectivity index (χ2v) is 5.44. The van der Waals surface area contributed by atoms with Crippen LogP contribution in [0.15, 0.2) is 52.0 Å². The second-order valence-electron chi connectivity index (χ2n) is 4.01. The van der Waals surface area contributed by atoms with Gasteiger partial charge in [-0.1, -0.05) is 17.7 Å². The molecule has 1 aliphatic heterocycles. The van der Waals surface area contributed by atoms with Crippen LogP contribution in [0.25, 0.3) is 6.08 Å². The Bertz CT molecular complexity index is 709. The standard InChI is InChI=1S/C14H8ClNO3S/c15-9-3-1-4-10(7-9)16-13(17)12(20-14(16)18)8-11-5-2-6-19-11/h1-8H/b12-8-. The number of benzene rings is 1. The van der Waals surface area contributed by atoms with Gasteiger partial charge >= 0.3 is 0 Å². The normalized spacial score (nSPS) is 17.2. The first-order valence-electron chi connectivity index (χ1n) is 5.72. The predicted molar refractivity (Wildman–Crippen MR) is 78.6 cm³/mol. The number of hydrogen-bond donors (Lipinski definition) is 0. The van der Waals surface area contributed by atoms with Gasteiger partial charge in [-0.15, -0.1) is 0 Å². The van der Waals surface area contributed by atoms with E-state index in [1.165, 1.54) is 6.26 Å². The Morgan fingerprint density at radius 2 is 2.05 bits per heavy atom. The van der Waals surface area contributed by atoms with E-state index in [9.17, 15) is 9.59 Å². The van der Waals surface area contributed by atoms with Crippen molar-refractivity contribution in [1.29, 1.82) is 0 Å². The summed E-state index contributed by atoms with van der Waals surface area (Å²) in [6, 6.07) is 10.0. The fourth-order valence-electron chi connectivity index (χ4n) is 1.81. The number of thioether (sulfide) groups is 1. The van der Waals surface area contributed by atoms with E-state index in [4.69, 9.17) is 16.0 Å². The number of carbonyl (C=O) groups is 2. The SMILES string of the molecule is O=C1S/C(=C\c2ccco2)C(=O)N1c1cccc(Cl)c1. The van der Waals surface area contributed by atoms with Crippen molar-refractivity contribution in [3.63, 3.8) is 0 Å². The van der Waals surface area contributed by atoms with Crippen LogP contribution in [0.4, 0.5) is 10.5 Å². The number of hydrogen-bond acceptors (Lipinski definition) is 4. The van der Waals surface area contributed by atoms with Crippen LogP contribution >= 0.6 is 23.4 Å². The molecule has 0 bridgehead atoms. The van der Waals surface area contributed by atoms with E-state index in [2.05, 4.69) is 0 Å². The molecular formula is C14H8ClNO3S. The first kappa shape index (κ1) is 13.0. The zero-order valence-electron chi connectivity index (χ0n) is 10.1.